The minimum Gasteiger partial charge on any atom is -0.376 e. The van der Waals surface area contributed by atoms with Gasteiger partial charge < -0.3 is 10.2 Å². The Morgan fingerprint density at radius 3 is 2.83 bits per heavy atom. The number of nitrogens with zero attached hydrogens (tertiary/aromatic N) is 3. The van der Waals surface area contributed by atoms with E-state index in [0.717, 1.165) is 16.1 Å². The van der Waals surface area contributed by atoms with Crippen molar-refractivity contribution in [3.8, 4) is 10.4 Å². The van der Waals surface area contributed by atoms with Gasteiger partial charge in [-0.2, -0.15) is 0 Å². The zero-order valence-corrected chi connectivity index (χ0v) is 18.1. The fourth-order valence-electron chi connectivity index (χ4n) is 3.04. The van der Waals surface area contributed by atoms with E-state index >= 15 is 0 Å². The van der Waals surface area contributed by atoms with Gasteiger partial charge in [0.05, 0.1) is 23.1 Å². The van der Waals surface area contributed by atoms with Crippen molar-refractivity contribution >= 4 is 61.8 Å². The molecule has 0 unspecified atom stereocenters. The summed E-state index contributed by atoms with van der Waals surface area (Å²) in [6, 6.07) is 9.19. The summed E-state index contributed by atoms with van der Waals surface area (Å²) in [5, 5.41) is 7.81. The number of carbonyl (C=O) groups is 1. The Balaban J connectivity index is 1.64. The third-order valence-electron chi connectivity index (χ3n) is 4.38. The van der Waals surface area contributed by atoms with Crippen LogP contribution >= 0.6 is 34.3 Å². The molecule has 0 bridgehead atoms. The lowest BCUT2D eigenvalue weighted by atomic mass is 10.2. The minimum absolute atomic E-state index is 0.138. The molecule has 0 saturated carbocycles. The van der Waals surface area contributed by atoms with Gasteiger partial charge in [-0.15, -0.1) is 22.7 Å². The second kappa shape index (κ2) is 7.98. The zero-order valence-electron chi connectivity index (χ0n) is 15.7. The molecule has 1 amide bonds. The van der Waals surface area contributed by atoms with Gasteiger partial charge in [-0.25, -0.2) is 4.98 Å². The van der Waals surface area contributed by atoms with E-state index in [2.05, 4.69) is 10.3 Å². The zero-order chi connectivity index (χ0) is 20.5. The van der Waals surface area contributed by atoms with Crippen molar-refractivity contribution in [1.82, 2.24) is 9.55 Å². The van der Waals surface area contributed by atoms with Crippen LogP contribution in [0.1, 0.15) is 0 Å². The molecule has 0 atom stereocenters. The first-order valence-corrected chi connectivity index (χ1v) is 10.8. The van der Waals surface area contributed by atoms with Crippen LogP contribution in [0.25, 0.3) is 20.7 Å². The van der Waals surface area contributed by atoms with Gasteiger partial charge in [0.15, 0.2) is 0 Å². The van der Waals surface area contributed by atoms with Crippen LogP contribution in [-0.4, -0.2) is 29.6 Å². The van der Waals surface area contributed by atoms with Crippen LogP contribution in [0.5, 0.6) is 0 Å². The Morgan fingerprint density at radius 2 is 2.10 bits per heavy atom. The number of thiophene rings is 2. The maximum absolute atomic E-state index is 13.0. The van der Waals surface area contributed by atoms with Gasteiger partial charge in [0.2, 0.25) is 5.91 Å². The molecule has 9 heteroatoms. The maximum Gasteiger partial charge on any atom is 0.263 e. The molecule has 0 saturated heterocycles. The average Bonchev–Trinajstić information content (AvgIpc) is 3.33. The fourth-order valence-corrected chi connectivity index (χ4v) is 4.93. The Hall–Kier alpha value is -2.68. The summed E-state index contributed by atoms with van der Waals surface area (Å²) in [5.41, 5.74) is 2.04. The van der Waals surface area contributed by atoms with E-state index in [9.17, 15) is 9.59 Å². The number of amides is 1. The van der Waals surface area contributed by atoms with E-state index in [1.54, 1.807) is 23.5 Å². The first-order chi connectivity index (χ1) is 13.9. The Kier molecular flexibility index (Phi) is 5.40. The van der Waals surface area contributed by atoms with Crippen LogP contribution in [0.4, 0.5) is 11.4 Å². The fraction of sp³-hybridized carbons (Fsp3) is 0.150. The quantitative estimate of drug-likeness (QED) is 0.490. The van der Waals surface area contributed by atoms with Gasteiger partial charge in [0.1, 0.15) is 11.4 Å². The largest absolute Gasteiger partial charge is 0.376 e. The Labute approximate surface area is 180 Å². The molecular formula is C20H17ClN4O2S2. The summed E-state index contributed by atoms with van der Waals surface area (Å²) in [6.07, 6.45) is 1.42. The summed E-state index contributed by atoms with van der Waals surface area (Å²) < 4.78 is 1.33. The summed E-state index contributed by atoms with van der Waals surface area (Å²) in [6.45, 7) is -0.138. The molecule has 4 aromatic rings. The lowest BCUT2D eigenvalue weighted by Gasteiger charge is -2.18. The molecule has 29 heavy (non-hydrogen) atoms. The summed E-state index contributed by atoms with van der Waals surface area (Å²) in [4.78, 5) is 33.6. The molecule has 4 rings (SSSR count). The van der Waals surface area contributed by atoms with Gasteiger partial charge in [-0.1, -0.05) is 17.7 Å². The number of rotatable bonds is 5. The molecule has 0 spiro atoms. The maximum atomic E-state index is 13.0. The van der Waals surface area contributed by atoms with Crippen molar-refractivity contribution in [3.05, 3.63) is 62.8 Å². The molecule has 0 fully saturated rings. The van der Waals surface area contributed by atoms with E-state index in [1.165, 1.54) is 22.2 Å². The number of halogens is 1. The van der Waals surface area contributed by atoms with Gasteiger partial charge >= 0.3 is 0 Å². The van der Waals surface area contributed by atoms with Gasteiger partial charge in [-0.3, -0.25) is 14.2 Å². The second-order valence-electron chi connectivity index (χ2n) is 6.59. The van der Waals surface area contributed by atoms with E-state index < -0.39 is 0 Å². The molecule has 0 radical (unpaired) electrons. The standard InChI is InChI=1S/C20H17ClN4O2S2/c1-24(2)15-6-5-12(21)8-14(15)23-17(26)9-25-11-22-19-18(20(25)27)13(10-29-19)16-4-3-7-28-16/h3-8,10-11H,9H2,1-2H3,(H,23,26). The number of hydrogen-bond donors (Lipinski definition) is 1. The van der Waals surface area contributed by atoms with Gasteiger partial charge in [0.25, 0.3) is 5.56 Å². The van der Waals surface area contributed by atoms with E-state index in [0.29, 0.717) is 20.9 Å². The highest BCUT2D eigenvalue weighted by Crippen LogP contribution is 2.33. The minimum atomic E-state index is -0.327. The highest BCUT2D eigenvalue weighted by atomic mass is 35.5. The third-order valence-corrected chi connectivity index (χ3v) is 6.40. The normalized spacial score (nSPS) is 11.0. The molecule has 3 heterocycles. The monoisotopic (exact) mass is 444 g/mol. The van der Waals surface area contributed by atoms with Gasteiger partial charge in [0, 0.05) is 34.9 Å². The lowest BCUT2D eigenvalue weighted by molar-refractivity contribution is -0.116. The highest BCUT2D eigenvalue weighted by Gasteiger charge is 2.16. The van der Waals surface area contributed by atoms with Crippen molar-refractivity contribution in [2.45, 2.75) is 6.54 Å². The number of aromatic nitrogens is 2. The summed E-state index contributed by atoms with van der Waals surface area (Å²) in [7, 11) is 3.76. The van der Waals surface area contributed by atoms with Crippen LogP contribution in [0, 0.1) is 0 Å². The highest BCUT2D eigenvalue weighted by molar-refractivity contribution is 7.18. The molecule has 0 aliphatic rings. The molecular weight excluding hydrogens is 428 g/mol. The van der Waals surface area contributed by atoms with Crippen molar-refractivity contribution < 1.29 is 4.79 Å². The second-order valence-corrected chi connectivity index (χ2v) is 8.83. The van der Waals surface area contributed by atoms with Crippen LogP contribution < -0.4 is 15.8 Å². The summed E-state index contributed by atoms with van der Waals surface area (Å²) >= 11 is 9.07. The number of benzene rings is 1. The Bertz CT molecular complexity index is 1250. The number of fused-ring (bicyclic) bond motifs is 1. The third kappa shape index (κ3) is 3.91. The van der Waals surface area contributed by atoms with Crippen molar-refractivity contribution in [2.24, 2.45) is 0 Å². The lowest BCUT2D eigenvalue weighted by Crippen LogP contribution is -2.28. The number of anilines is 2. The molecule has 0 aliphatic carbocycles. The van der Waals surface area contributed by atoms with Crippen molar-refractivity contribution in [3.63, 3.8) is 0 Å². The first-order valence-electron chi connectivity index (χ1n) is 8.71. The van der Waals surface area contributed by atoms with Crippen LogP contribution in [0.3, 0.4) is 0 Å². The van der Waals surface area contributed by atoms with E-state index in [4.69, 9.17) is 11.6 Å². The van der Waals surface area contributed by atoms with Crippen LogP contribution in [0.2, 0.25) is 5.02 Å². The molecule has 148 valence electrons. The van der Waals surface area contributed by atoms with Crippen molar-refractivity contribution in [1.29, 1.82) is 0 Å². The predicted molar refractivity (Wildman–Crippen MR) is 122 cm³/mol. The predicted octanol–water partition coefficient (Wildman–Crippen LogP) is 4.54. The van der Waals surface area contributed by atoms with Crippen LogP contribution in [0.15, 0.2) is 52.2 Å². The number of hydrogen-bond acceptors (Lipinski definition) is 6. The summed E-state index contributed by atoms with van der Waals surface area (Å²) in [5.74, 6) is -0.327. The van der Waals surface area contributed by atoms with Gasteiger partial charge in [-0.05, 0) is 29.6 Å². The molecule has 0 aliphatic heterocycles. The van der Waals surface area contributed by atoms with E-state index in [-0.39, 0.29) is 18.0 Å². The van der Waals surface area contributed by atoms with Crippen molar-refractivity contribution in [2.75, 3.05) is 24.3 Å². The Morgan fingerprint density at radius 1 is 1.28 bits per heavy atom. The molecule has 3 aromatic heterocycles. The van der Waals surface area contributed by atoms with E-state index in [1.807, 2.05) is 48.0 Å². The molecule has 1 aromatic carbocycles. The first kappa shape index (κ1) is 19.6. The number of nitrogens with one attached hydrogen (secondary N) is 1. The molecule has 6 nitrogen and oxygen atoms in total. The van der Waals surface area contributed by atoms with Crippen LogP contribution in [-0.2, 0) is 11.3 Å². The number of carbonyl (C=O) groups excluding carboxylic acids is 1. The molecule has 1 N–H and O–H groups in total. The smallest absolute Gasteiger partial charge is 0.263 e. The SMILES string of the molecule is CN(C)c1ccc(Cl)cc1NC(=O)Cn1cnc2scc(-c3cccs3)c2c1=O. The topological polar surface area (TPSA) is 67.2 Å². The average molecular weight is 445 g/mol.